The number of rotatable bonds is 6. The van der Waals surface area contributed by atoms with Gasteiger partial charge >= 0.3 is 11.9 Å². The summed E-state index contributed by atoms with van der Waals surface area (Å²) in [6.45, 7) is 3.64. The van der Waals surface area contributed by atoms with Crippen molar-refractivity contribution < 1.29 is 19.1 Å². The summed E-state index contributed by atoms with van der Waals surface area (Å²) in [7, 11) is 0. The first-order valence-electron chi connectivity index (χ1n) is 8.72. The molecule has 0 aromatic rings. The van der Waals surface area contributed by atoms with Crippen LogP contribution in [0.1, 0.15) is 70.6 Å². The number of ether oxygens (including phenoxy) is 2. The van der Waals surface area contributed by atoms with Crippen LogP contribution in [0.5, 0.6) is 0 Å². The van der Waals surface area contributed by atoms with Gasteiger partial charge in [-0.2, -0.15) is 0 Å². The van der Waals surface area contributed by atoms with Crippen LogP contribution in [0.15, 0.2) is 12.7 Å². The number of hydrogen-bond acceptors (Lipinski definition) is 4. The fourth-order valence-corrected chi connectivity index (χ4v) is 3.31. The van der Waals surface area contributed by atoms with Crippen LogP contribution in [0.2, 0.25) is 0 Å². The molecule has 0 aliphatic heterocycles. The summed E-state index contributed by atoms with van der Waals surface area (Å²) in [6.07, 6.45) is 12.2. The first kappa shape index (κ1) is 17.0. The van der Waals surface area contributed by atoms with Crippen LogP contribution in [0.4, 0.5) is 0 Å². The average Bonchev–Trinajstić information content (AvgIpc) is 2.54. The second-order valence-electron chi connectivity index (χ2n) is 6.47. The van der Waals surface area contributed by atoms with Gasteiger partial charge in [0.05, 0.1) is 0 Å². The third-order valence-electron chi connectivity index (χ3n) is 4.64. The average molecular weight is 308 g/mol. The molecule has 2 saturated carbocycles. The molecule has 0 amide bonds. The summed E-state index contributed by atoms with van der Waals surface area (Å²) in [5, 5.41) is 0. The van der Waals surface area contributed by atoms with Gasteiger partial charge in [0.2, 0.25) is 0 Å². The lowest BCUT2D eigenvalue weighted by atomic mass is 9.97. The molecule has 4 heteroatoms. The highest BCUT2D eigenvalue weighted by atomic mass is 16.6. The number of allylic oxidation sites excluding steroid dienone is 1. The van der Waals surface area contributed by atoms with E-state index in [1.807, 2.05) is 0 Å². The SMILES string of the molecule is C=CCC(C(=O)OC1CCCCC1)C(=O)OC1CCCCC1. The lowest BCUT2D eigenvalue weighted by Crippen LogP contribution is -2.34. The van der Waals surface area contributed by atoms with Crippen molar-refractivity contribution in [3.8, 4) is 0 Å². The largest absolute Gasteiger partial charge is 0.462 e. The minimum Gasteiger partial charge on any atom is -0.462 e. The Kier molecular flexibility index (Phi) is 6.94. The van der Waals surface area contributed by atoms with E-state index in [1.165, 1.54) is 12.8 Å². The van der Waals surface area contributed by atoms with Crippen molar-refractivity contribution in [2.75, 3.05) is 0 Å². The van der Waals surface area contributed by atoms with E-state index in [1.54, 1.807) is 6.08 Å². The molecule has 2 rings (SSSR count). The van der Waals surface area contributed by atoms with E-state index in [0.29, 0.717) is 0 Å². The van der Waals surface area contributed by atoms with Gasteiger partial charge in [-0.15, -0.1) is 6.58 Å². The second kappa shape index (κ2) is 8.96. The zero-order valence-electron chi connectivity index (χ0n) is 13.4. The summed E-state index contributed by atoms with van der Waals surface area (Å²) in [5.74, 6) is -1.72. The zero-order chi connectivity index (χ0) is 15.8. The molecule has 2 aliphatic carbocycles. The van der Waals surface area contributed by atoms with Gasteiger partial charge in [0.25, 0.3) is 0 Å². The minimum absolute atomic E-state index is 0.0314. The lowest BCUT2D eigenvalue weighted by molar-refractivity contribution is -0.169. The molecule has 0 aromatic heterocycles. The molecule has 0 radical (unpaired) electrons. The summed E-state index contributed by atoms with van der Waals surface area (Å²) < 4.78 is 11.1. The summed E-state index contributed by atoms with van der Waals surface area (Å²) >= 11 is 0. The van der Waals surface area contributed by atoms with E-state index in [9.17, 15) is 9.59 Å². The third-order valence-corrected chi connectivity index (χ3v) is 4.64. The van der Waals surface area contributed by atoms with Gasteiger partial charge in [0, 0.05) is 0 Å². The Morgan fingerprint density at radius 2 is 1.27 bits per heavy atom. The van der Waals surface area contributed by atoms with Gasteiger partial charge in [0.1, 0.15) is 12.2 Å². The van der Waals surface area contributed by atoms with Crippen molar-refractivity contribution in [1.82, 2.24) is 0 Å². The number of esters is 2. The fraction of sp³-hybridized carbons (Fsp3) is 0.778. The Morgan fingerprint density at radius 3 is 1.64 bits per heavy atom. The summed E-state index contributed by atoms with van der Waals surface area (Å²) in [6, 6.07) is 0. The predicted molar refractivity (Wildman–Crippen MR) is 84.2 cm³/mol. The van der Waals surface area contributed by atoms with Gasteiger partial charge in [0.15, 0.2) is 5.92 Å². The quantitative estimate of drug-likeness (QED) is 0.424. The van der Waals surface area contributed by atoms with Crippen LogP contribution < -0.4 is 0 Å². The van der Waals surface area contributed by atoms with E-state index >= 15 is 0 Å². The molecule has 0 saturated heterocycles. The van der Waals surface area contributed by atoms with Gasteiger partial charge in [-0.3, -0.25) is 9.59 Å². The van der Waals surface area contributed by atoms with Crippen LogP contribution in [-0.4, -0.2) is 24.1 Å². The van der Waals surface area contributed by atoms with Crippen LogP contribution >= 0.6 is 0 Å². The van der Waals surface area contributed by atoms with E-state index in [2.05, 4.69) is 6.58 Å². The highest BCUT2D eigenvalue weighted by Crippen LogP contribution is 2.24. The predicted octanol–water partition coefficient (Wildman–Crippen LogP) is 3.93. The molecule has 0 bridgehead atoms. The third kappa shape index (κ3) is 5.15. The van der Waals surface area contributed by atoms with Crippen molar-refractivity contribution in [2.24, 2.45) is 5.92 Å². The number of carbonyl (C=O) groups excluding carboxylic acids is 2. The maximum Gasteiger partial charge on any atom is 0.320 e. The molecular weight excluding hydrogens is 280 g/mol. The fourth-order valence-electron chi connectivity index (χ4n) is 3.31. The molecule has 124 valence electrons. The molecule has 0 N–H and O–H groups in total. The minimum atomic E-state index is -0.846. The standard InChI is InChI=1S/C18H28O4/c1-2-9-16(17(19)21-14-10-5-3-6-11-14)18(20)22-15-12-7-4-8-13-15/h2,14-16H,1,3-13H2. The maximum atomic E-state index is 12.3. The molecule has 2 aliphatic rings. The van der Waals surface area contributed by atoms with Crippen molar-refractivity contribution in [3.05, 3.63) is 12.7 Å². The van der Waals surface area contributed by atoms with Crippen LogP contribution in [0.25, 0.3) is 0 Å². The second-order valence-corrected chi connectivity index (χ2v) is 6.47. The molecule has 4 nitrogen and oxygen atoms in total. The Bertz CT molecular complexity index is 347. The molecular formula is C18H28O4. The van der Waals surface area contributed by atoms with E-state index < -0.39 is 17.9 Å². The van der Waals surface area contributed by atoms with Crippen molar-refractivity contribution in [1.29, 1.82) is 0 Å². The topological polar surface area (TPSA) is 52.6 Å². The van der Waals surface area contributed by atoms with E-state index in [-0.39, 0.29) is 18.6 Å². The van der Waals surface area contributed by atoms with Crippen LogP contribution in [0, 0.1) is 5.92 Å². The normalized spacial score (nSPS) is 20.6. The smallest absolute Gasteiger partial charge is 0.320 e. The Morgan fingerprint density at radius 1 is 0.864 bits per heavy atom. The summed E-state index contributed by atoms with van der Waals surface area (Å²) in [4.78, 5) is 24.6. The van der Waals surface area contributed by atoms with Gasteiger partial charge < -0.3 is 9.47 Å². The van der Waals surface area contributed by atoms with Gasteiger partial charge in [-0.25, -0.2) is 0 Å². The highest BCUT2D eigenvalue weighted by Gasteiger charge is 2.32. The van der Waals surface area contributed by atoms with E-state index in [4.69, 9.17) is 9.47 Å². The lowest BCUT2D eigenvalue weighted by Gasteiger charge is -2.26. The Balaban J connectivity index is 1.87. The molecule has 0 heterocycles. The van der Waals surface area contributed by atoms with Gasteiger partial charge in [-0.05, 0) is 57.8 Å². The van der Waals surface area contributed by atoms with Gasteiger partial charge in [-0.1, -0.05) is 18.9 Å². The van der Waals surface area contributed by atoms with Crippen LogP contribution in [0.3, 0.4) is 0 Å². The zero-order valence-corrected chi connectivity index (χ0v) is 13.4. The molecule has 22 heavy (non-hydrogen) atoms. The Hall–Kier alpha value is -1.32. The van der Waals surface area contributed by atoms with Crippen molar-refractivity contribution in [2.45, 2.75) is 82.8 Å². The molecule has 0 spiro atoms. The first-order chi connectivity index (χ1) is 10.7. The highest BCUT2D eigenvalue weighted by molar-refractivity contribution is 5.95. The molecule has 0 unspecified atom stereocenters. The molecule has 0 atom stereocenters. The number of carbonyl (C=O) groups is 2. The first-order valence-corrected chi connectivity index (χ1v) is 8.72. The monoisotopic (exact) mass is 308 g/mol. The van der Waals surface area contributed by atoms with Crippen molar-refractivity contribution >= 4 is 11.9 Å². The van der Waals surface area contributed by atoms with E-state index in [0.717, 1.165) is 51.4 Å². The van der Waals surface area contributed by atoms with Crippen LogP contribution in [-0.2, 0) is 19.1 Å². The molecule has 0 aromatic carbocycles. The number of hydrogen-bond donors (Lipinski definition) is 0. The Labute approximate surface area is 133 Å². The van der Waals surface area contributed by atoms with Crippen molar-refractivity contribution in [3.63, 3.8) is 0 Å². The molecule has 2 fully saturated rings. The summed E-state index contributed by atoms with van der Waals surface area (Å²) in [5.41, 5.74) is 0. The maximum absolute atomic E-state index is 12.3.